The standard InChI is InChI=1S/C16H23N3O2/c1-12-11-13(12)16(20)17-19-9-7-18(8-10-19)14-5-3-4-6-15(14)21-2/h3-6,12-13H,7-11H2,1-2H3,(H,17,20)/t12-,13-/m1/s1. The molecule has 0 unspecified atom stereocenters. The molecule has 0 radical (unpaired) electrons. The van der Waals surface area contributed by atoms with Gasteiger partial charge in [-0.25, -0.2) is 5.01 Å². The zero-order valence-electron chi connectivity index (χ0n) is 12.7. The van der Waals surface area contributed by atoms with Gasteiger partial charge in [-0.05, 0) is 24.5 Å². The molecule has 114 valence electrons. The second kappa shape index (κ2) is 5.93. The zero-order valence-corrected chi connectivity index (χ0v) is 12.7. The molecule has 1 amide bonds. The number of anilines is 1. The van der Waals surface area contributed by atoms with Gasteiger partial charge in [-0.2, -0.15) is 0 Å². The largest absolute Gasteiger partial charge is 0.495 e. The van der Waals surface area contributed by atoms with Crippen molar-refractivity contribution in [3.8, 4) is 5.75 Å². The third kappa shape index (κ3) is 3.13. The number of para-hydroxylation sites is 2. The molecule has 1 saturated carbocycles. The van der Waals surface area contributed by atoms with Crippen molar-refractivity contribution in [2.45, 2.75) is 13.3 Å². The fourth-order valence-electron chi connectivity index (χ4n) is 2.88. The summed E-state index contributed by atoms with van der Waals surface area (Å²) in [6, 6.07) is 8.08. The van der Waals surface area contributed by atoms with Crippen LogP contribution in [0.5, 0.6) is 5.75 Å². The number of piperazine rings is 1. The van der Waals surface area contributed by atoms with Crippen LogP contribution in [-0.2, 0) is 4.79 Å². The summed E-state index contributed by atoms with van der Waals surface area (Å²) in [5.41, 5.74) is 4.17. The number of carbonyl (C=O) groups excluding carboxylic acids is 1. The molecule has 0 bridgehead atoms. The van der Waals surface area contributed by atoms with Gasteiger partial charge in [0.15, 0.2) is 0 Å². The lowest BCUT2D eigenvalue weighted by Crippen LogP contribution is -2.54. The molecule has 5 nitrogen and oxygen atoms in total. The van der Waals surface area contributed by atoms with Crippen LogP contribution in [-0.4, -0.2) is 44.2 Å². The first-order valence-corrected chi connectivity index (χ1v) is 7.62. The molecule has 0 spiro atoms. The number of hydrogen-bond donors (Lipinski definition) is 1. The van der Waals surface area contributed by atoms with Crippen LogP contribution in [0.15, 0.2) is 24.3 Å². The summed E-state index contributed by atoms with van der Waals surface area (Å²) in [6.07, 6.45) is 1.03. The van der Waals surface area contributed by atoms with Gasteiger partial charge in [-0.15, -0.1) is 0 Å². The quantitative estimate of drug-likeness (QED) is 0.912. The normalized spacial score (nSPS) is 25.5. The molecule has 1 saturated heterocycles. The smallest absolute Gasteiger partial charge is 0.237 e. The van der Waals surface area contributed by atoms with Gasteiger partial charge in [-0.3, -0.25) is 10.2 Å². The highest BCUT2D eigenvalue weighted by atomic mass is 16.5. The highest BCUT2D eigenvalue weighted by Gasteiger charge is 2.39. The first-order chi connectivity index (χ1) is 10.2. The molecule has 1 aromatic rings. The van der Waals surface area contributed by atoms with Gasteiger partial charge in [0.2, 0.25) is 5.91 Å². The van der Waals surface area contributed by atoms with Gasteiger partial charge in [-0.1, -0.05) is 19.1 Å². The molecule has 0 aromatic heterocycles. The van der Waals surface area contributed by atoms with Crippen molar-refractivity contribution in [2.75, 3.05) is 38.2 Å². The fourth-order valence-corrected chi connectivity index (χ4v) is 2.88. The van der Waals surface area contributed by atoms with Crippen molar-refractivity contribution in [1.82, 2.24) is 10.4 Å². The number of hydrogen-bond acceptors (Lipinski definition) is 4. The molecule has 1 aliphatic carbocycles. The maximum absolute atomic E-state index is 11.9. The molecule has 3 rings (SSSR count). The van der Waals surface area contributed by atoms with Crippen molar-refractivity contribution in [3.63, 3.8) is 0 Å². The van der Waals surface area contributed by atoms with Crippen LogP contribution in [0.4, 0.5) is 5.69 Å². The molecule has 1 aliphatic heterocycles. The van der Waals surface area contributed by atoms with E-state index in [1.807, 2.05) is 23.2 Å². The average Bonchev–Trinajstić information content (AvgIpc) is 3.25. The molecule has 1 heterocycles. The minimum absolute atomic E-state index is 0.188. The van der Waals surface area contributed by atoms with E-state index >= 15 is 0 Å². The Hall–Kier alpha value is -1.75. The number of ether oxygens (including phenoxy) is 1. The first-order valence-electron chi connectivity index (χ1n) is 7.62. The number of hydrazine groups is 1. The Labute approximate surface area is 125 Å². The molecular formula is C16H23N3O2. The number of carbonyl (C=O) groups is 1. The summed E-state index contributed by atoms with van der Waals surface area (Å²) in [6.45, 7) is 5.58. The van der Waals surface area contributed by atoms with Gasteiger partial charge in [0, 0.05) is 32.1 Å². The van der Waals surface area contributed by atoms with Crippen molar-refractivity contribution in [2.24, 2.45) is 11.8 Å². The lowest BCUT2D eigenvalue weighted by Gasteiger charge is -2.36. The summed E-state index contributed by atoms with van der Waals surface area (Å²) in [4.78, 5) is 14.3. The van der Waals surface area contributed by atoms with Crippen LogP contribution in [0.1, 0.15) is 13.3 Å². The van der Waals surface area contributed by atoms with E-state index in [0.717, 1.165) is 44.0 Å². The maximum atomic E-state index is 11.9. The fraction of sp³-hybridized carbons (Fsp3) is 0.562. The van der Waals surface area contributed by atoms with Crippen molar-refractivity contribution in [3.05, 3.63) is 24.3 Å². The lowest BCUT2D eigenvalue weighted by molar-refractivity contribution is -0.127. The first kappa shape index (κ1) is 14.2. The predicted molar refractivity (Wildman–Crippen MR) is 82.2 cm³/mol. The zero-order chi connectivity index (χ0) is 14.8. The molecule has 1 N–H and O–H groups in total. The van der Waals surface area contributed by atoms with E-state index in [-0.39, 0.29) is 11.8 Å². The van der Waals surface area contributed by atoms with Crippen LogP contribution < -0.4 is 15.1 Å². The van der Waals surface area contributed by atoms with Gasteiger partial charge in [0.25, 0.3) is 0 Å². The Balaban J connectivity index is 1.54. The molecule has 2 fully saturated rings. The SMILES string of the molecule is COc1ccccc1N1CCN(NC(=O)[C@@H]2C[C@H]2C)CC1. The lowest BCUT2D eigenvalue weighted by atomic mass is 10.2. The molecule has 1 aromatic carbocycles. The van der Waals surface area contributed by atoms with Crippen LogP contribution in [0.25, 0.3) is 0 Å². The van der Waals surface area contributed by atoms with Gasteiger partial charge >= 0.3 is 0 Å². The Morgan fingerprint density at radius 1 is 1.24 bits per heavy atom. The second-order valence-electron chi connectivity index (χ2n) is 5.94. The van der Waals surface area contributed by atoms with E-state index in [1.54, 1.807) is 7.11 Å². The predicted octanol–water partition coefficient (Wildman–Crippen LogP) is 1.50. The topological polar surface area (TPSA) is 44.8 Å². The van der Waals surface area contributed by atoms with E-state index < -0.39 is 0 Å². The minimum Gasteiger partial charge on any atom is -0.495 e. The Bertz CT molecular complexity index is 512. The minimum atomic E-state index is 0.188. The Kier molecular flexibility index (Phi) is 4.01. The number of rotatable bonds is 4. The van der Waals surface area contributed by atoms with Crippen LogP contribution in [0, 0.1) is 11.8 Å². The van der Waals surface area contributed by atoms with Gasteiger partial charge < -0.3 is 9.64 Å². The maximum Gasteiger partial charge on any atom is 0.237 e. The third-order valence-electron chi connectivity index (χ3n) is 4.42. The van der Waals surface area contributed by atoms with E-state index in [0.29, 0.717) is 5.92 Å². The summed E-state index contributed by atoms with van der Waals surface area (Å²) in [7, 11) is 1.70. The Morgan fingerprint density at radius 3 is 2.52 bits per heavy atom. The van der Waals surface area contributed by atoms with Crippen molar-refractivity contribution >= 4 is 11.6 Å². The van der Waals surface area contributed by atoms with Gasteiger partial charge in [0.05, 0.1) is 12.8 Å². The number of amides is 1. The van der Waals surface area contributed by atoms with Crippen LogP contribution in [0.3, 0.4) is 0 Å². The molecule has 21 heavy (non-hydrogen) atoms. The number of benzene rings is 1. The van der Waals surface area contributed by atoms with E-state index in [9.17, 15) is 4.79 Å². The van der Waals surface area contributed by atoms with Crippen molar-refractivity contribution < 1.29 is 9.53 Å². The number of methoxy groups -OCH3 is 1. The Morgan fingerprint density at radius 2 is 1.90 bits per heavy atom. The second-order valence-corrected chi connectivity index (χ2v) is 5.94. The molecule has 2 aliphatic rings. The molecule has 5 heteroatoms. The molecule has 2 atom stereocenters. The van der Waals surface area contributed by atoms with Crippen LogP contribution >= 0.6 is 0 Å². The van der Waals surface area contributed by atoms with Crippen LogP contribution in [0.2, 0.25) is 0 Å². The monoisotopic (exact) mass is 289 g/mol. The summed E-state index contributed by atoms with van der Waals surface area (Å²) in [5.74, 6) is 1.88. The average molecular weight is 289 g/mol. The third-order valence-corrected chi connectivity index (χ3v) is 4.42. The molecular weight excluding hydrogens is 266 g/mol. The van der Waals surface area contributed by atoms with Gasteiger partial charge in [0.1, 0.15) is 5.75 Å². The highest BCUT2D eigenvalue weighted by Crippen LogP contribution is 2.37. The summed E-state index contributed by atoms with van der Waals surface area (Å²) < 4.78 is 5.42. The highest BCUT2D eigenvalue weighted by molar-refractivity contribution is 5.81. The summed E-state index contributed by atoms with van der Waals surface area (Å²) in [5, 5.41) is 2.04. The van der Waals surface area contributed by atoms with Crippen molar-refractivity contribution in [1.29, 1.82) is 0 Å². The number of nitrogens with zero attached hydrogens (tertiary/aromatic N) is 2. The number of nitrogens with one attached hydrogen (secondary N) is 1. The van der Waals surface area contributed by atoms with E-state index in [1.165, 1.54) is 0 Å². The van der Waals surface area contributed by atoms with E-state index in [4.69, 9.17) is 4.74 Å². The summed E-state index contributed by atoms with van der Waals surface area (Å²) >= 11 is 0. The van der Waals surface area contributed by atoms with E-state index in [2.05, 4.69) is 23.3 Å².